The van der Waals surface area contributed by atoms with E-state index in [2.05, 4.69) is 41.2 Å². The zero-order valence-corrected chi connectivity index (χ0v) is 10.1. The van der Waals surface area contributed by atoms with Crippen LogP contribution in [0.15, 0.2) is 40.3 Å². The molecule has 0 atom stereocenters. The molecule has 1 aromatic heterocycles. The highest BCUT2D eigenvalue weighted by molar-refractivity contribution is 7.99. The summed E-state index contributed by atoms with van der Waals surface area (Å²) in [5.74, 6) is 1.22. The van der Waals surface area contributed by atoms with E-state index >= 15 is 0 Å². The predicted octanol–water partition coefficient (Wildman–Crippen LogP) is 2.83. The van der Waals surface area contributed by atoms with Gasteiger partial charge in [-0.3, -0.25) is 0 Å². The second-order valence-corrected chi connectivity index (χ2v) is 4.69. The highest BCUT2D eigenvalue weighted by atomic mass is 32.2. The summed E-state index contributed by atoms with van der Waals surface area (Å²) in [5.41, 5.74) is 6.93. The first kappa shape index (κ1) is 11.0. The fourth-order valence-electron chi connectivity index (χ4n) is 1.34. The molecular weight excluding hydrogens is 218 g/mol. The number of aryl methyl sites for hydroxylation is 2. The molecule has 82 valence electrons. The second-order valence-electron chi connectivity index (χ2n) is 3.59. The van der Waals surface area contributed by atoms with Gasteiger partial charge in [-0.1, -0.05) is 29.5 Å². The van der Waals surface area contributed by atoms with E-state index in [0.717, 1.165) is 9.92 Å². The van der Waals surface area contributed by atoms with Crippen LogP contribution in [0.1, 0.15) is 11.4 Å². The lowest BCUT2D eigenvalue weighted by molar-refractivity contribution is 0.975. The standard InChI is InChI=1S/C12H13N3S/c1-8-3-5-10(6-4-8)16-12-7-11(13)14-9(2)15-12/h3-7H,1-2H3,(H2,13,14,15). The minimum absolute atomic E-state index is 0.516. The van der Waals surface area contributed by atoms with Crippen molar-refractivity contribution in [1.29, 1.82) is 0 Å². The molecule has 0 fully saturated rings. The molecule has 4 heteroatoms. The van der Waals surface area contributed by atoms with Crippen LogP contribution in [-0.2, 0) is 0 Å². The first-order chi connectivity index (χ1) is 7.63. The third kappa shape index (κ3) is 2.73. The maximum atomic E-state index is 5.67. The number of hydrogen-bond acceptors (Lipinski definition) is 4. The molecule has 0 radical (unpaired) electrons. The summed E-state index contributed by atoms with van der Waals surface area (Å²) in [4.78, 5) is 9.52. The van der Waals surface area contributed by atoms with E-state index < -0.39 is 0 Å². The van der Waals surface area contributed by atoms with Crippen molar-refractivity contribution in [1.82, 2.24) is 9.97 Å². The highest BCUT2D eigenvalue weighted by Crippen LogP contribution is 2.26. The van der Waals surface area contributed by atoms with Gasteiger partial charge in [0.05, 0.1) is 0 Å². The van der Waals surface area contributed by atoms with Gasteiger partial charge < -0.3 is 5.73 Å². The van der Waals surface area contributed by atoms with Crippen molar-refractivity contribution in [2.45, 2.75) is 23.8 Å². The molecule has 2 rings (SSSR count). The molecule has 0 aliphatic heterocycles. The van der Waals surface area contributed by atoms with Crippen LogP contribution >= 0.6 is 11.8 Å². The van der Waals surface area contributed by atoms with Crippen LogP contribution in [0.25, 0.3) is 0 Å². The molecule has 0 aliphatic carbocycles. The Kier molecular flexibility index (Phi) is 3.10. The summed E-state index contributed by atoms with van der Waals surface area (Å²) in [7, 11) is 0. The van der Waals surface area contributed by atoms with Gasteiger partial charge in [-0.15, -0.1) is 0 Å². The quantitative estimate of drug-likeness (QED) is 0.807. The van der Waals surface area contributed by atoms with Crippen molar-refractivity contribution in [2.75, 3.05) is 5.73 Å². The van der Waals surface area contributed by atoms with E-state index in [0.29, 0.717) is 11.6 Å². The number of nitrogen functional groups attached to an aromatic ring is 1. The minimum atomic E-state index is 0.516. The van der Waals surface area contributed by atoms with Crippen LogP contribution in [0.3, 0.4) is 0 Å². The lowest BCUT2D eigenvalue weighted by Crippen LogP contribution is -1.96. The SMILES string of the molecule is Cc1ccc(Sc2cc(N)nc(C)n2)cc1. The summed E-state index contributed by atoms with van der Waals surface area (Å²) in [6, 6.07) is 10.1. The topological polar surface area (TPSA) is 51.8 Å². The Balaban J connectivity index is 2.23. The summed E-state index contributed by atoms with van der Waals surface area (Å²) < 4.78 is 0. The van der Waals surface area contributed by atoms with Gasteiger partial charge in [-0.25, -0.2) is 9.97 Å². The Hall–Kier alpha value is -1.55. The van der Waals surface area contributed by atoms with Crippen molar-refractivity contribution in [3.8, 4) is 0 Å². The van der Waals surface area contributed by atoms with Crippen molar-refractivity contribution >= 4 is 17.6 Å². The van der Waals surface area contributed by atoms with Gasteiger partial charge in [-0.05, 0) is 26.0 Å². The van der Waals surface area contributed by atoms with Crippen LogP contribution in [-0.4, -0.2) is 9.97 Å². The molecule has 1 heterocycles. The number of rotatable bonds is 2. The monoisotopic (exact) mass is 231 g/mol. The molecule has 0 bridgehead atoms. The molecule has 0 saturated heterocycles. The van der Waals surface area contributed by atoms with E-state index in [4.69, 9.17) is 5.73 Å². The van der Waals surface area contributed by atoms with E-state index in [1.807, 2.05) is 6.92 Å². The molecule has 2 aromatic rings. The lowest BCUT2D eigenvalue weighted by Gasteiger charge is -2.03. The minimum Gasteiger partial charge on any atom is -0.384 e. The smallest absolute Gasteiger partial charge is 0.128 e. The largest absolute Gasteiger partial charge is 0.384 e. The Morgan fingerprint density at radius 2 is 1.75 bits per heavy atom. The van der Waals surface area contributed by atoms with Gasteiger partial charge in [-0.2, -0.15) is 0 Å². The molecule has 16 heavy (non-hydrogen) atoms. The van der Waals surface area contributed by atoms with Crippen LogP contribution in [0, 0.1) is 13.8 Å². The van der Waals surface area contributed by atoms with Gasteiger partial charge in [0.15, 0.2) is 0 Å². The van der Waals surface area contributed by atoms with Crippen molar-refractivity contribution in [2.24, 2.45) is 0 Å². The molecule has 1 aromatic carbocycles. The maximum Gasteiger partial charge on any atom is 0.128 e. The first-order valence-electron chi connectivity index (χ1n) is 4.99. The van der Waals surface area contributed by atoms with Crippen molar-refractivity contribution in [3.63, 3.8) is 0 Å². The first-order valence-corrected chi connectivity index (χ1v) is 5.81. The number of hydrogen-bond donors (Lipinski definition) is 1. The highest BCUT2D eigenvalue weighted by Gasteiger charge is 2.01. The summed E-state index contributed by atoms with van der Waals surface area (Å²) in [6.07, 6.45) is 0. The average Bonchev–Trinajstić information content (AvgIpc) is 2.20. The molecule has 3 nitrogen and oxygen atoms in total. The number of nitrogens with two attached hydrogens (primary N) is 1. The molecule has 0 amide bonds. The zero-order valence-electron chi connectivity index (χ0n) is 9.27. The third-order valence-corrected chi connectivity index (χ3v) is 3.00. The van der Waals surface area contributed by atoms with E-state index in [9.17, 15) is 0 Å². The number of nitrogens with zero attached hydrogens (tertiary/aromatic N) is 2. The number of benzene rings is 1. The number of anilines is 1. The zero-order chi connectivity index (χ0) is 11.5. The van der Waals surface area contributed by atoms with E-state index in [1.54, 1.807) is 17.8 Å². The van der Waals surface area contributed by atoms with Gasteiger partial charge in [0.1, 0.15) is 16.7 Å². The second kappa shape index (κ2) is 4.53. The fraction of sp³-hybridized carbons (Fsp3) is 0.167. The van der Waals surface area contributed by atoms with Crippen molar-refractivity contribution in [3.05, 3.63) is 41.7 Å². The summed E-state index contributed by atoms with van der Waals surface area (Å²) >= 11 is 1.59. The predicted molar refractivity (Wildman–Crippen MR) is 66.5 cm³/mol. The summed E-state index contributed by atoms with van der Waals surface area (Å²) in [6.45, 7) is 3.91. The Morgan fingerprint density at radius 3 is 2.38 bits per heavy atom. The normalized spacial score (nSPS) is 10.4. The molecule has 2 N–H and O–H groups in total. The summed E-state index contributed by atoms with van der Waals surface area (Å²) in [5, 5.41) is 0.883. The van der Waals surface area contributed by atoms with Crippen LogP contribution in [0.5, 0.6) is 0 Å². The molecular formula is C12H13N3S. The van der Waals surface area contributed by atoms with Crippen molar-refractivity contribution < 1.29 is 0 Å². The number of aromatic nitrogens is 2. The van der Waals surface area contributed by atoms with Crippen LogP contribution < -0.4 is 5.73 Å². The Bertz CT molecular complexity index is 474. The van der Waals surface area contributed by atoms with E-state index in [1.165, 1.54) is 5.56 Å². The van der Waals surface area contributed by atoms with Crippen LogP contribution in [0.4, 0.5) is 5.82 Å². The molecule has 0 unspecified atom stereocenters. The lowest BCUT2D eigenvalue weighted by atomic mass is 10.2. The van der Waals surface area contributed by atoms with Gasteiger partial charge >= 0.3 is 0 Å². The van der Waals surface area contributed by atoms with Gasteiger partial charge in [0, 0.05) is 11.0 Å². The van der Waals surface area contributed by atoms with E-state index in [-0.39, 0.29) is 0 Å². The Morgan fingerprint density at radius 1 is 1.06 bits per heavy atom. The maximum absolute atomic E-state index is 5.67. The Labute approximate surface area is 99.1 Å². The average molecular weight is 231 g/mol. The van der Waals surface area contributed by atoms with Crippen LogP contribution in [0.2, 0.25) is 0 Å². The molecule has 0 spiro atoms. The third-order valence-electron chi connectivity index (χ3n) is 2.08. The van der Waals surface area contributed by atoms with Gasteiger partial charge in [0.25, 0.3) is 0 Å². The fourth-order valence-corrected chi connectivity index (χ4v) is 2.21. The van der Waals surface area contributed by atoms with Gasteiger partial charge in [0.2, 0.25) is 0 Å². The molecule has 0 aliphatic rings. The molecule has 0 saturated carbocycles.